The molecule has 27 heavy (non-hydrogen) atoms. The number of carbonyl (C=O) groups excluding carboxylic acids is 1. The number of hydrogen-bond donors (Lipinski definition) is 1. The van der Waals surface area contributed by atoms with E-state index in [0.29, 0.717) is 11.0 Å². The number of anilines is 1. The summed E-state index contributed by atoms with van der Waals surface area (Å²) >= 11 is 2.82. The van der Waals surface area contributed by atoms with E-state index in [9.17, 15) is 4.79 Å². The first-order valence-electron chi connectivity index (χ1n) is 8.67. The maximum Gasteiger partial charge on any atom is 0.239 e. The predicted molar refractivity (Wildman–Crippen MR) is 109 cm³/mol. The van der Waals surface area contributed by atoms with Crippen LogP contribution >= 0.6 is 23.1 Å². The summed E-state index contributed by atoms with van der Waals surface area (Å²) in [4.78, 5) is 21.0. The molecule has 1 unspecified atom stereocenters. The lowest BCUT2D eigenvalue weighted by atomic mass is 10.2. The van der Waals surface area contributed by atoms with Gasteiger partial charge in [-0.25, -0.2) is 4.98 Å². The van der Waals surface area contributed by atoms with Crippen LogP contribution in [0.5, 0.6) is 0 Å². The molecule has 3 aromatic heterocycles. The van der Waals surface area contributed by atoms with Gasteiger partial charge in [0.2, 0.25) is 5.91 Å². The third kappa shape index (κ3) is 4.92. The third-order valence-electron chi connectivity index (χ3n) is 3.68. The predicted octanol–water partition coefficient (Wildman–Crippen LogP) is 3.88. The van der Waals surface area contributed by atoms with Crippen LogP contribution in [0.2, 0.25) is 0 Å². The number of thiazole rings is 1. The lowest BCUT2D eigenvalue weighted by Gasteiger charge is -2.14. The van der Waals surface area contributed by atoms with Crippen molar-refractivity contribution in [3.8, 4) is 11.4 Å². The molecule has 142 valence electrons. The zero-order chi connectivity index (χ0) is 19.4. The van der Waals surface area contributed by atoms with E-state index >= 15 is 0 Å². The van der Waals surface area contributed by atoms with E-state index in [-0.39, 0.29) is 11.2 Å². The highest BCUT2D eigenvalue weighted by molar-refractivity contribution is 8.00. The molecule has 0 aromatic carbocycles. The zero-order valence-corrected chi connectivity index (χ0v) is 17.3. The number of nitrogens with one attached hydrogen (secondary N) is 1. The molecule has 1 N–H and O–H groups in total. The molecular formula is C18H22N6OS2. The van der Waals surface area contributed by atoms with Crippen LogP contribution < -0.4 is 5.32 Å². The molecule has 0 bridgehead atoms. The second-order valence-electron chi connectivity index (χ2n) is 6.60. The summed E-state index contributed by atoms with van der Waals surface area (Å²) in [5.74, 6) is 1.08. The molecular weight excluding hydrogens is 380 g/mol. The van der Waals surface area contributed by atoms with Crippen LogP contribution in [0.4, 0.5) is 5.13 Å². The molecule has 1 atom stereocenters. The average molecular weight is 403 g/mol. The van der Waals surface area contributed by atoms with Gasteiger partial charge in [-0.15, -0.1) is 21.5 Å². The molecule has 3 aromatic rings. The monoisotopic (exact) mass is 402 g/mol. The summed E-state index contributed by atoms with van der Waals surface area (Å²) < 4.78 is 2.06. The Kier molecular flexibility index (Phi) is 6.22. The number of thioether (sulfide) groups is 1. The Morgan fingerprint density at radius 3 is 2.78 bits per heavy atom. The number of aromatic nitrogens is 5. The van der Waals surface area contributed by atoms with Gasteiger partial charge in [0, 0.05) is 29.9 Å². The second-order valence-corrected chi connectivity index (χ2v) is 8.76. The Morgan fingerprint density at radius 2 is 2.15 bits per heavy atom. The van der Waals surface area contributed by atoms with Crippen LogP contribution in [-0.2, 0) is 11.3 Å². The topological polar surface area (TPSA) is 85.6 Å². The van der Waals surface area contributed by atoms with Gasteiger partial charge in [-0.3, -0.25) is 9.78 Å². The molecule has 3 rings (SSSR count). The lowest BCUT2D eigenvalue weighted by Crippen LogP contribution is -2.23. The standard InChI is InChI=1S/C18H22N6OS2/c1-11(2)9-24-15(14-6-5-7-19-8-14)22-23-18(24)27-13(4)16(25)21-17-20-12(3)10-26-17/h5-8,10-11,13H,9H2,1-4H3,(H,20,21,25). The van der Waals surface area contributed by atoms with Crippen molar-refractivity contribution in [3.63, 3.8) is 0 Å². The summed E-state index contributed by atoms with van der Waals surface area (Å²) in [6, 6.07) is 3.84. The summed E-state index contributed by atoms with van der Waals surface area (Å²) in [6.45, 7) is 8.81. The van der Waals surface area contributed by atoms with Crippen LogP contribution in [0.15, 0.2) is 35.1 Å². The van der Waals surface area contributed by atoms with Gasteiger partial charge >= 0.3 is 0 Å². The Hall–Kier alpha value is -2.26. The van der Waals surface area contributed by atoms with Crippen LogP contribution in [0.3, 0.4) is 0 Å². The van der Waals surface area contributed by atoms with Crippen molar-refractivity contribution in [1.82, 2.24) is 24.7 Å². The number of amides is 1. The maximum atomic E-state index is 12.5. The van der Waals surface area contributed by atoms with Crippen molar-refractivity contribution in [3.05, 3.63) is 35.6 Å². The van der Waals surface area contributed by atoms with Crippen molar-refractivity contribution in [2.75, 3.05) is 5.32 Å². The summed E-state index contributed by atoms with van der Waals surface area (Å²) in [7, 11) is 0. The van der Waals surface area contributed by atoms with Crippen LogP contribution in [0.25, 0.3) is 11.4 Å². The van der Waals surface area contributed by atoms with Crippen molar-refractivity contribution in [1.29, 1.82) is 0 Å². The van der Waals surface area contributed by atoms with Gasteiger partial charge in [0.05, 0.1) is 10.9 Å². The van der Waals surface area contributed by atoms with E-state index in [1.807, 2.05) is 31.4 Å². The van der Waals surface area contributed by atoms with E-state index in [1.54, 1.807) is 12.4 Å². The van der Waals surface area contributed by atoms with E-state index < -0.39 is 0 Å². The highest BCUT2D eigenvalue weighted by atomic mass is 32.2. The number of hydrogen-bond acceptors (Lipinski definition) is 7. The lowest BCUT2D eigenvalue weighted by molar-refractivity contribution is -0.115. The van der Waals surface area contributed by atoms with E-state index in [1.165, 1.54) is 23.1 Å². The van der Waals surface area contributed by atoms with Crippen molar-refractivity contribution in [2.24, 2.45) is 5.92 Å². The molecule has 0 aliphatic heterocycles. The fourth-order valence-corrected chi connectivity index (χ4v) is 3.99. The minimum absolute atomic E-state index is 0.101. The molecule has 0 spiro atoms. The summed E-state index contributed by atoms with van der Waals surface area (Å²) in [5.41, 5.74) is 1.81. The van der Waals surface area contributed by atoms with Gasteiger partial charge in [0.25, 0.3) is 0 Å². The third-order valence-corrected chi connectivity index (χ3v) is 5.64. The van der Waals surface area contributed by atoms with Crippen LogP contribution in [0.1, 0.15) is 26.5 Å². The maximum absolute atomic E-state index is 12.5. The molecule has 0 aliphatic carbocycles. The quantitative estimate of drug-likeness (QED) is 0.604. The molecule has 3 heterocycles. The van der Waals surface area contributed by atoms with Crippen molar-refractivity contribution in [2.45, 2.75) is 44.6 Å². The van der Waals surface area contributed by atoms with Crippen LogP contribution in [-0.4, -0.2) is 35.9 Å². The Morgan fingerprint density at radius 1 is 1.33 bits per heavy atom. The van der Waals surface area contributed by atoms with E-state index in [0.717, 1.165) is 28.8 Å². The largest absolute Gasteiger partial charge is 0.302 e. The first kappa shape index (κ1) is 19.5. The molecule has 7 nitrogen and oxygen atoms in total. The van der Waals surface area contributed by atoms with Gasteiger partial charge in [-0.1, -0.05) is 25.6 Å². The Bertz CT molecular complexity index is 906. The normalized spacial score (nSPS) is 12.3. The number of carbonyl (C=O) groups is 1. The van der Waals surface area contributed by atoms with E-state index in [4.69, 9.17) is 0 Å². The second kappa shape index (κ2) is 8.62. The summed E-state index contributed by atoms with van der Waals surface area (Å²) in [5, 5.41) is 14.5. The van der Waals surface area contributed by atoms with Gasteiger partial charge < -0.3 is 9.88 Å². The zero-order valence-electron chi connectivity index (χ0n) is 15.7. The fraction of sp³-hybridized carbons (Fsp3) is 0.389. The molecule has 9 heteroatoms. The Labute approximate surface area is 166 Å². The highest BCUT2D eigenvalue weighted by Gasteiger charge is 2.22. The molecule has 0 saturated heterocycles. The first-order chi connectivity index (χ1) is 12.9. The highest BCUT2D eigenvalue weighted by Crippen LogP contribution is 2.28. The number of pyridine rings is 1. The van der Waals surface area contributed by atoms with Gasteiger partial charge in [0.15, 0.2) is 16.1 Å². The number of rotatable bonds is 7. The van der Waals surface area contributed by atoms with Gasteiger partial charge in [0.1, 0.15) is 0 Å². The van der Waals surface area contributed by atoms with Crippen LogP contribution in [0, 0.1) is 12.8 Å². The fourth-order valence-electron chi connectivity index (χ4n) is 2.44. The first-order valence-corrected chi connectivity index (χ1v) is 10.4. The Balaban J connectivity index is 1.79. The molecule has 1 amide bonds. The van der Waals surface area contributed by atoms with Gasteiger partial charge in [-0.2, -0.15) is 0 Å². The minimum Gasteiger partial charge on any atom is -0.302 e. The molecule has 0 radical (unpaired) electrons. The summed E-state index contributed by atoms with van der Waals surface area (Å²) in [6.07, 6.45) is 3.51. The molecule has 0 aliphatic rings. The minimum atomic E-state index is -0.328. The number of nitrogens with zero attached hydrogens (tertiary/aromatic N) is 5. The molecule has 0 saturated carbocycles. The molecule has 0 fully saturated rings. The number of aryl methyl sites for hydroxylation is 1. The van der Waals surface area contributed by atoms with E-state index in [2.05, 4.69) is 43.9 Å². The van der Waals surface area contributed by atoms with Crippen molar-refractivity contribution < 1.29 is 4.79 Å². The SMILES string of the molecule is Cc1csc(NC(=O)C(C)Sc2nnc(-c3cccnc3)n2CC(C)C)n1. The smallest absolute Gasteiger partial charge is 0.239 e. The van der Waals surface area contributed by atoms with Gasteiger partial charge in [-0.05, 0) is 31.9 Å². The average Bonchev–Trinajstić information content (AvgIpc) is 3.21. The van der Waals surface area contributed by atoms with Crippen molar-refractivity contribution >= 4 is 34.1 Å².